The SMILES string of the molecule is O=S(=O)=C(CNCCCc1nc(-c2ccc3ncnc(Nc4ccc(OCc5cccc(F)c5)c(Br)c4)c3c2)cs1)c1ccccn1. The lowest BCUT2D eigenvalue weighted by atomic mass is 10.1. The van der Waals surface area contributed by atoms with Crippen LogP contribution in [0.3, 0.4) is 0 Å². The molecule has 6 rings (SSSR count). The van der Waals surface area contributed by atoms with Gasteiger partial charge in [0.15, 0.2) is 0 Å². The molecule has 13 heteroatoms. The maximum Gasteiger partial charge on any atom is 0.220 e. The first-order valence-corrected chi connectivity index (χ1v) is 17.4. The maximum atomic E-state index is 13.5. The van der Waals surface area contributed by atoms with Crippen molar-refractivity contribution < 1.29 is 17.5 Å². The summed E-state index contributed by atoms with van der Waals surface area (Å²) in [5, 5.41) is 10.5. The van der Waals surface area contributed by atoms with Crippen molar-refractivity contribution in [1.29, 1.82) is 0 Å². The molecule has 0 radical (unpaired) electrons. The molecule has 0 bridgehead atoms. The van der Waals surface area contributed by atoms with Gasteiger partial charge in [0, 0.05) is 41.2 Å². The lowest BCUT2D eigenvalue weighted by Gasteiger charge is -2.12. The normalized spacial score (nSPS) is 11.0. The Kier molecular flexibility index (Phi) is 10.6. The lowest BCUT2D eigenvalue weighted by Crippen LogP contribution is -2.26. The highest BCUT2D eigenvalue weighted by atomic mass is 79.9. The van der Waals surface area contributed by atoms with Crippen molar-refractivity contribution in [2.45, 2.75) is 19.4 Å². The molecule has 3 aromatic carbocycles. The van der Waals surface area contributed by atoms with Crippen LogP contribution in [0, 0.1) is 5.82 Å². The molecule has 0 aliphatic carbocycles. The van der Waals surface area contributed by atoms with Crippen molar-refractivity contribution in [3.05, 3.63) is 123 Å². The largest absolute Gasteiger partial charge is 0.488 e. The molecule has 0 saturated heterocycles. The van der Waals surface area contributed by atoms with Crippen LogP contribution in [0.4, 0.5) is 15.9 Å². The number of pyridine rings is 1. The van der Waals surface area contributed by atoms with Crippen LogP contribution in [0.5, 0.6) is 5.75 Å². The summed E-state index contributed by atoms with van der Waals surface area (Å²) in [5.41, 5.74) is 4.61. The third-order valence-electron chi connectivity index (χ3n) is 7.14. The summed E-state index contributed by atoms with van der Waals surface area (Å²) in [6.45, 7) is 1.11. The van der Waals surface area contributed by atoms with E-state index in [9.17, 15) is 12.8 Å². The number of ether oxygens (including phenoxy) is 1. The Balaban J connectivity index is 1.08. The Morgan fingerprint density at radius 2 is 1.89 bits per heavy atom. The second kappa shape index (κ2) is 15.4. The van der Waals surface area contributed by atoms with Crippen LogP contribution in [0.2, 0.25) is 0 Å². The number of fused-ring (bicyclic) bond motifs is 1. The van der Waals surface area contributed by atoms with Gasteiger partial charge < -0.3 is 15.4 Å². The van der Waals surface area contributed by atoms with Crippen molar-refractivity contribution in [2.75, 3.05) is 18.4 Å². The smallest absolute Gasteiger partial charge is 0.220 e. The molecule has 0 unspecified atom stereocenters. The van der Waals surface area contributed by atoms with Gasteiger partial charge in [0.2, 0.25) is 10.3 Å². The zero-order valence-corrected chi connectivity index (χ0v) is 28.1. The number of halogens is 2. The van der Waals surface area contributed by atoms with E-state index in [1.807, 2.05) is 47.8 Å². The standard InChI is InChI=1S/C34H28BrFN6O3S2/c35-27-17-25(10-12-31(27)45-19-22-5-3-6-24(36)15-22)41-34-26-16-23(9-11-28(26)39-21-40-34)30-20-46-33(42-30)8-4-13-37-18-32(47(43)44)29-7-1-2-14-38-29/h1-3,5-7,9-12,14-17,20-21,37H,4,8,13,18-19H2,(H,39,40,41). The zero-order chi connectivity index (χ0) is 32.6. The van der Waals surface area contributed by atoms with E-state index in [1.165, 1.54) is 18.5 Å². The number of rotatable bonds is 13. The van der Waals surface area contributed by atoms with Crippen LogP contribution in [0.15, 0.2) is 101 Å². The first kappa shape index (κ1) is 32.4. The van der Waals surface area contributed by atoms with E-state index in [0.717, 1.165) is 55.7 Å². The molecule has 0 fully saturated rings. The van der Waals surface area contributed by atoms with Gasteiger partial charge in [-0.15, -0.1) is 11.3 Å². The third-order valence-corrected chi connectivity index (χ3v) is 9.43. The average Bonchev–Trinajstić information content (AvgIpc) is 3.55. The van der Waals surface area contributed by atoms with Gasteiger partial charge in [0.1, 0.15) is 35.2 Å². The van der Waals surface area contributed by atoms with Gasteiger partial charge >= 0.3 is 0 Å². The molecular formula is C34H28BrFN6O3S2. The summed E-state index contributed by atoms with van der Waals surface area (Å²) in [6.07, 6.45) is 4.67. The number of nitrogens with zero attached hydrogens (tertiary/aromatic N) is 4. The topological polar surface area (TPSA) is 119 Å². The highest BCUT2D eigenvalue weighted by Crippen LogP contribution is 2.33. The maximum absolute atomic E-state index is 13.5. The number of nitrogens with one attached hydrogen (secondary N) is 2. The Bertz CT molecular complexity index is 2150. The molecule has 2 N–H and O–H groups in total. The van der Waals surface area contributed by atoms with Gasteiger partial charge in [-0.2, -0.15) is 8.42 Å². The minimum atomic E-state index is -2.35. The van der Waals surface area contributed by atoms with Crippen LogP contribution in [-0.4, -0.2) is 46.3 Å². The monoisotopic (exact) mass is 730 g/mol. The number of aryl methyl sites for hydroxylation is 1. The molecule has 0 amide bonds. The van der Waals surface area contributed by atoms with Crippen molar-refractivity contribution in [3.8, 4) is 17.0 Å². The average molecular weight is 732 g/mol. The minimum Gasteiger partial charge on any atom is -0.488 e. The van der Waals surface area contributed by atoms with E-state index >= 15 is 0 Å². The molecule has 0 aliphatic heterocycles. The molecule has 3 aromatic heterocycles. The number of thiazole rings is 1. The van der Waals surface area contributed by atoms with E-state index in [-0.39, 0.29) is 23.8 Å². The second-order valence-corrected chi connectivity index (χ2v) is 13.2. The van der Waals surface area contributed by atoms with Crippen molar-refractivity contribution in [3.63, 3.8) is 0 Å². The molecule has 0 aliphatic rings. The number of anilines is 2. The first-order chi connectivity index (χ1) is 22.9. The number of aromatic nitrogens is 4. The van der Waals surface area contributed by atoms with Gasteiger partial charge in [-0.3, -0.25) is 4.98 Å². The van der Waals surface area contributed by atoms with E-state index in [0.29, 0.717) is 23.8 Å². The summed E-state index contributed by atoms with van der Waals surface area (Å²) >= 11 is 5.17. The fraction of sp³-hybridized carbons (Fsp3) is 0.147. The summed E-state index contributed by atoms with van der Waals surface area (Å²) in [6, 6.07) is 23.2. The number of hydrogen-bond acceptors (Lipinski definition) is 10. The summed E-state index contributed by atoms with van der Waals surface area (Å²) in [5.74, 6) is 0.990. The highest BCUT2D eigenvalue weighted by molar-refractivity contribution is 9.10. The number of benzene rings is 3. The molecule has 6 aromatic rings. The van der Waals surface area contributed by atoms with Crippen LogP contribution in [-0.2, 0) is 23.3 Å². The van der Waals surface area contributed by atoms with E-state index in [4.69, 9.17) is 9.72 Å². The first-order valence-electron chi connectivity index (χ1n) is 14.6. The molecule has 0 spiro atoms. The fourth-order valence-electron chi connectivity index (χ4n) is 4.82. The minimum absolute atomic E-state index is 0.219. The summed E-state index contributed by atoms with van der Waals surface area (Å²) in [4.78, 5) is 18.2. The molecule has 47 heavy (non-hydrogen) atoms. The van der Waals surface area contributed by atoms with Crippen molar-refractivity contribution in [2.24, 2.45) is 0 Å². The van der Waals surface area contributed by atoms with E-state index in [2.05, 4.69) is 41.5 Å². The van der Waals surface area contributed by atoms with Crippen LogP contribution >= 0.6 is 27.3 Å². The Morgan fingerprint density at radius 1 is 0.979 bits per heavy atom. The quantitative estimate of drug-likeness (QED) is 0.0736. The number of hydrogen-bond donors (Lipinski definition) is 2. The summed E-state index contributed by atoms with van der Waals surface area (Å²) in [7, 11) is -2.35. The zero-order valence-electron chi connectivity index (χ0n) is 24.9. The van der Waals surface area contributed by atoms with Crippen LogP contribution in [0.1, 0.15) is 22.7 Å². The molecule has 0 atom stereocenters. The molecule has 9 nitrogen and oxygen atoms in total. The van der Waals surface area contributed by atoms with Gasteiger partial charge in [-0.25, -0.2) is 19.3 Å². The van der Waals surface area contributed by atoms with Gasteiger partial charge in [-0.1, -0.05) is 24.3 Å². The molecular weight excluding hydrogens is 703 g/mol. The predicted octanol–water partition coefficient (Wildman–Crippen LogP) is 6.99. The summed E-state index contributed by atoms with van der Waals surface area (Å²) < 4.78 is 43.5. The Morgan fingerprint density at radius 3 is 2.70 bits per heavy atom. The Hall–Kier alpha value is -4.56. The van der Waals surface area contributed by atoms with E-state index < -0.39 is 10.3 Å². The van der Waals surface area contributed by atoms with Gasteiger partial charge in [0.05, 0.1) is 26.4 Å². The molecule has 0 saturated carbocycles. The van der Waals surface area contributed by atoms with Gasteiger partial charge in [-0.05, 0) is 89.1 Å². The van der Waals surface area contributed by atoms with E-state index in [1.54, 1.807) is 41.8 Å². The lowest BCUT2D eigenvalue weighted by molar-refractivity contribution is 0.303. The predicted molar refractivity (Wildman–Crippen MR) is 187 cm³/mol. The van der Waals surface area contributed by atoms with Gasteiger partial charge in [0.25, 0.3) is 0 Å². The molecule has 238 valence electrons. The third kappa shape index (κ3) is 8.43. The molecule has 3 heterocycles. The Labute approximate surface area is 284 Å². The highest BCUT2D eigenvalue weighted by Gasteiger charge is 2.12. The van der Waals surface area contributed by atoms with Crippen molar-refractivity contribution >= 4 is 64.8 Å². The van der Waals surface area contributed by atoms with Crippen LogP contribution in [0.25, 0.3) is 22.2 Å². The fourth-order valence-corrected chi connectivity index (χ4v) is 6.68. The van der Waals surface area contributed by atoms with Crippen LogP contribution < -0.4 is 15.4 Å². The second-order valence-electron chi connectivity index (χ2n) is 10.4. The van der Waals surface area contributed by atoms with Crippen molar-refractivity contribution in [1.82, 2.24) is 25.3 Å².